The van der Waals surface area contributed by atoms with E-state index < -0.39 is 6.04 Å². The van der Waals surface area contributed by atoms with Crippen molar-refractivity contribution in [3.8, 4) is 6.07 Å². The van der Waals surface area contributed by atoms with E-state index in [0.29, 0.717) is 19.6 Å². The van der Waals surface area contributed by atoms with E-state index in [1.54, 1.807) is 0 Å². The van der Waals surface area contributed by atoms with Gasteiger partial charge in [-0.25, -0.2) is 0 Å². The zero-order chi connectivity index (χ0) is 10.7. The predicted octanol–water partition coefficient (Wildman–Crippen LogP) is -0.388. The first-order valence-electron chi connectivity index (χ1n) is 4.65. The average Bonchev–Trinajstić information content (AvgIpc) is 2.81. The van der Waals surface area contributed by atoms with Crippen molar-refractivity contribution in [2.24, 2.45) is 0 Å². The monoisotopic (exact) mass is 206 g/mol. The van der Waals surface area contributed by atoms with Crippen molar-refractivity contribution in [2.45, 2.75) is 6.04 Å². The molecule has 0 spiro atoms. The van der Waals surface area contributed by atoms with Gasteiger partial charge < -0.3 is 14.7 Å². The number of carbonyl (C=O) groups excluding carboxylic acids is 1. The summed E-state index contributed by atoms with van der Waals surface area (Å²) in [7, 11) is 0. The second kappa shape index (κ2) is 4.11. The molecule has 1 aliphatic heterocycles. The van der Waals surface area contributed by atoms with Crippen LogP contribution in [0.2, 0.25) is 0 Å². The second-order valence-electron chi connectivity index (χ2n) is 3.22. The van der Waals surface area contributed by atoms with Gasteiger partial charge in [0.25, 0.3) is 5.91 Å². The molecular formula is C9H10N4O2. The third kappa shape index (κ3) is 1.82. The largest absolute Gasteiger partial charge is 0.351 e. The molecule has 1 atom stereocenters. The van der Waals surface area contributed by atoms with Gasteiger partial charge >= 0.3 is 0 Å². The number of nitrogens with one attached hydrogen (secondary N) is 1. The van der Waals surface area contributed by atoms with Crippen LogP contribution in [0.4, 0.5) is 0 Å². The Balaban J connectivity index is 2.15. The molecule has 0 aromatic carbocycles. The molecule has 1 aliphatic rings. The Labute approximate surface area is 86.4 Å². The number of nitriles is 1. The van der Waals surface area contributed by atoms with Crippen molar-refractivity contribution in [1.82, 2.24) is 15.4 Å². The van der Waals surface area contributed by atoms with Gasteiger partial charge in [0.2, 0.25) is 5.76 Å². The Morgan fingerprint density at radius 2 is 2.67 bits per heavy atom. The van der Waals surface area contributed by atoms with Gasteiger partial charge in [-0.3, -0.25) is 4.79 Å². The van der Waals surface area contributed by atoms with E-state index in [4.69, 9.17) is 9.78 Å². The van der Waals surface area contributed by atoms with E-state index in [2.05, 4.69) is 16.5 Å². The molecule has 1 N–H and O–H groups in total. The van der Waals surface area contributed by atoms with E-state index in [1.807, 2.05) is 0 Å². The minimum atomic E-state index is -0.434. The fourth-order valence-electron chi connectivity index (χ4n) is 1.53. The Morgan fingerprint density at radius 1 is 1.80 bits per heavy atom. The van der Waals surface area contributed by atoms with Crippen molar-refractivity contribution < 1.29 is 9.32 Å². The summed E-state index contributed by atoms with van der Waals surface area (Å²) in [6.45, 7) is 1.70. The molecule has 0 radical (unpaired) electrons. The molecule has 6 heteroatoms. The molecule has 0 aliphatic carbocycles. The van der Waals surface area contributed by atoms with Crippen LogP contribution in [-0.4, -0.2) is 41.6 Å². The van der Waals surface area contributed by atoms with Crippen molar-refractivity contribution in [3.05, 3.63) is 18.0 Å². The summed E-state index contributed by atoms with van der Waals surface area (Å²) >= 11 is 0. The molecule has 1 saturated heterocycles. The van der Waals surface area contributed by atoms with Crippen LogP contribution < -0.4 is 5.32 Å². The number of amides is 1. The summed E-state index contributed by atoms with van der Waals surface area (Å²) < 4.78 is 4.77. The fraction of sp³-hybridized carbons (Fsp3) is 0.444. The molecule has 1 fully saturated rings. The summed E-state index contributed by atoms with van der Waals surface area (Å²) in [6, 6.07) is 3.14. The van der Waals surface area contributed by atoms with Gasteiger partial charge in [-0.2, -0.15) is 5.26 Å². The minimum Gasteiger partial charge on any atom is -0.351 e. The molecule has 2 rings (SSSR count). The molecule has 2 heterocycles. The number of piperazine rings is 1. The molecule has 0 saturated carbocycles. The smallest absolute Gasteiger partial charge is 0.293 e. The lowest BCUT2D eigenvalue weighted by molar-refractivity contribution is 0.0645. The molecule has 1 amide bonds. The number of aromatic nitrogens is 1. The van der Waals surface area contributed by atoms with E-state index in [0.717, 1.165) is 0 Å². The Morgan fingerprint density at radius 3 is 3.33 bits per heavy atom. The molecule has 1 unspecified atom stereocenters. The third-order valence-electron chi connectivity index (χ3n) is 2.30. The normalized spacial score (nSPS) is 21.0. The lowest BCUT2D eigenvalue weighted by Crippen LogP contribution is -2.52. The first-order valence-corrected chi connectivity index (χ1v) is 4.65. The van der Waals surface area contributed by atoms with Crippen molar-refractivity contribution in [2.75, 3.05) is 19.6 Å². The summed E-state index contributed by atoms with van der Waals surface area (Å²) in [5, 5.41) is 15.4. The molecule has 1 aromatic rings. The highest BCUT2D eigenvalue weighted by Gasteiger charge is 2.28. The topological polar surface area (TPSA) is 82.2 Å². The highest BCUT2D eigenvalue weighted by molar-refractivity contribution is 5.91. The van der Waals surface area contributed by atoms with Crippen LogP contribution in [0.25, 0.3) is 0 Å². The van der Waals surface area contributed by atoms with Gasteiger partial charge in [0.05, 0.1) is 12.3 Å². The standard InChI is InChI=1S/C9H10N4O2/c10-5-7-6-11-3-4-13(7)9(14)8-1-2-12-15-8/h1-2,7,11H,3-4,6H2. The number of carbonyl (C=O) groups is 1. The Kier molecular flexibility index (Phi) is 2.65. The lowest BCUT2D eigenvalue weighted by atomic mass is 10.2. The highest BCUT2D eigenvalue weighted by atomic mass is 16.5. The zero-order valence-electron chi connectivity index (χ0n) is 8.01. The quantitative estimate of drug-likeness (QED) is 0.676. The first kappa shape index (κ1) is 9.68. The van der Waals surface area contributed by atoms with Crippen LogP contribution in [0, 0.1) is 11.3 Å². The first-order chi connectivity index (χ1) is 7.33. The predicted molar refractivity (Wildman–Crippen MR) is 49.8 cm³/mol. The molecule has 15 heavy (non-hydrogen) atoms. The van der Waals surface area contributed by atoms with Crippen molar-refractivity contribution in [1.29, 1.82) is 5.26 Å². The average molecular weight is 206 g/mol. The maximum Gasteiger partial charge on any atom is 0.293 e. The highest BCUT2D eigenvalue weighted by Crippen LogP contribution is 2.09. The van der Waals surface area contributed by atoms with E-state index >= 15 is 0 Å². The number of rotatable bonds is 1. The van der Waals surface area contributed by atoms with Crippen LogP contribution in [0.3, 0.4) is 0 Å². The summed E-state index contributed by atoms with van der Waals surface area (Å²) in [6.07, 6.45) is 1.41. The molecular weight excluding hydrogens is 196 g/mol. The second-order valence-corrected chi connectivity index (χ2v) is 3.22. The van der Waals surface area contributed by atoms with Crippen molar-refractivity contribution in [3.63, 3.8) is 0 Å². The van der Waals surface area contributed by atoms with Crippen LogP contribution in [0.1, 0.15) is 10.6 Å². The summed E-state index contributed by atoms with van der Waals surface area (Å²) in [4.78, 5) is 13.3. The molecule has 6 nitrogen and oxygen atoms in total. The fourth-order valence-corrected chi connectivity index (χ4v) is 1.53. The van der Waals surface area contributed by atoms with Gasteiger partial charge in [-0.15, -0.1) is 0 Å². The summed E-state index contributed by atoms with van der Waals surface area (Å²) in [5.74, 6) is -0.0994. The van der Waals surface area contributed by atoms with Gasteiger partial charge in [0, 0.05) is 25.7 Å². The number of hydrogen-bond donors (Lipinski definition) is 1. The van der Waals surface area contributed by atoms with Crippen LogP contribution >= 0.6 is 0 Å². The molecule has 78 valence electrons. The maximum absolute atomic E-state index is 11.8. The minimum absolute atomic E-state index is 0.178. The van der Waals surface area contributed by atoms with Crippen LogP contribution in [0.15, 0.2) is 16.8 Å². The van der Waals surface area contributed by atoms with Gasteiger partial charge in [-0.05, 0) is 0 Å². The van der Waals surface area contributed by atoms with Crippen molar-refractivity contribution >= 4 is 5.91 Å². The lowest BCUT2D eigenvalue weighted by Gasteiger charge is -2.30. The zero-order valence-corrected chi connectivity index (χ0v) is 8.01. The molecule has 1 aromatic heterocycles. The van der Waals surface area contributed by atoms with Gasteiger partial charge in [0.15, 0.2) is 0 Å². The van der Waals surface area contributed by atoms with E-state index in [1.165, 1.54) is 17.2 Å². The van der Waals surface area contributed by atoms with Crippen LogP contribution in [-0.2, 0) is 0 Å². The van der Waals surface area contributed by atoms with E-state index in [9.17, 15) is 4.79 Å². The molecule has 0 bridgehead atoms. The number of hydrogen-bond acceptors (Lipinski definition) is 5. The van der Waals surface area contributed by atoms with Crippen LogP contribution in [0.5, 0.6) is 0 Å². The maximum atomic E-state index is 11.8. The van der Waals surface area contributed by atoms with Gasteiger partial charge in [0.1, 0.15) is 6.04 Å². The Bertz CT molecular complexity index is 381. The number of nitrogens with zero attached hydrogens (tertiary/aromatic N) is 3. The third-order valence-corrected chi connectivity index (χ3v) is 2.30. The SMILES string of the molecule is N#CC1CNCCN1C(=O)c1ccno1. The Hall–Kier alpha value is -1.87. The van der Waals surface area contributed by atoms with Gasteiger partial charge in [-0.1, -0.05) is 5.16 Å². The summed E-state index contributed by atoms with van der Waals surface area (Å²) in [5.41, 5.74) is 0. The van der Waals surface area contributed by atoms with E-state index in [-0.39, 0.29) is 11.7 Å².